The highest BCUT2D eigenvalue weighted by Crippen LogP contribution is 2.25. The second kappa shape index (κ2) is 8.65. The van der Waals surface area contributed by atoms with Crippen molar-refractivity contribution in [2.45, 2.75) is 19.8 Å². The predicted octanol–water partition coefficient (Wildman–Crippen LogP) is 5.28. The molecular weight excluding hydrogens is 369 g/mol. The van der Waals surface area contributed by atoms with E-state index >= 15 is 0 Å². The van der Waals surface area contributed by atoms with Gasteiger partial charge in [0.2, 0.25) is 5.91 Å². The first-order valence-electron chi connectivity index (χ1n) is 8.85. The number of anilines is 3. The van der Waals surface area contributed by atoms with Gasteiger partial charge in [0, 0.05) is 30.2 Å². The summed E-state index contributed by atoms with van der Waals surface area (Å²) in [6.07, 6.45) is 2.49. The molecule has 4 nitrogen and oxygen atoms in total. The van der Waals surface area contributed by atoms with Crippen LogP contribution in [0.15, 0.2) is 42.5 Å². The number of nitrogens with one attached hydrogen (secondary N) is 2. The molecule has 1 heterocycles. The Labute approximate surface area is 164 Å². The zero-order valence-electron chi connectivity index (χ0n) is 14.8. The molecule has 0 bridgehead atoms. The van der Waals surface area contributed by atoms with Gasteiger partial charge in [-0.25, -0.2) is 0 Å². The van der Waals surface area contributed by atoms with Gasteiger partial charge in [0.1, 0.15) is 0 Å². The molecule has 0 aliphatic carbocycles. The number of benzene rings is 2. The summed E-state index contributed by atoms with van der Waals surface area (Å²) in [5.74, 6) is 0.679. The number of rotatable bonds is 5. The molecule has 6 heteroatoms. The summed E-state index contributed by atoms with van der Waals surface area (Å²) in [6, 6.07) is 13.3. The number of piperidine rings is 1. The van der Waals surface area contributed by atoms with E-state index in [1.807, 2.05) is 12.1 Å². The van der Waals surface area contributed by atoms with E-state index in [-0.39, 0.29) is 12.5 Å². The van der Waals surface area contributed by atoms with Crippen molar-refractivity contribution in [1.29, 1.82) is 0 Å². The summed E-state index contributed by atoms with van der Waals surface area (Å²) in [5.41, 5.74) is 2.78. The van der Waals surface area contributed by atoms with Crippen molar-refractivity contribution in [3.8, 4) is 0 Å². The van der Waals surface area contributed by atoms with Crippen molar-refractivity contribution in [3.63, 3.8) is 0 Å². The second-order valence-corrected chi connectivity index (χ2v) is 7.56. The van der Waals surface area contributed by atoms with Crippen molar-refractivity contribution in [1.82, 2.24) is 0 Å². The van der Waals surface area contributed by atoms with Gasteiger partial charge in [0.05, 0.1) is 16.6 Å². The fraction of sp³-hybridized carbons (Fsp3) is 0.350. The van der Waals surface area contributed by atoms with Crippen molar-refractivity contribution < 1.29 is 4.79 Å². The fourth-order valence-corrected chi connectivity index (χ4v) is 3.32. The maximum absolute atomic E-state index is 12.1. The molecule has 1 aliphatic rings. The molecular formula is C20H23Cl2N3O. The Balaban J connectivity index is 1.49. The molecule has 2 aromatic carbocycles. The number of nitrogens with zero attached hydrogens (tertiary/aromatic N) is 1. The third-order valence-corrected chi connectivity index (χ3v) is 5.41. The van der Waals surface area contributed by atoms with Crippen LogP contribution < -0.4 is 15.5 Å². The van der Waals surface area contributed by atoms with E-state index in [1.165, 1.54) is 18.5 Å². The molecule has 3 rings (SSSR count). The Morgan fingerprint density at radius 2 is 1.69 bits per heavy atom. The highest BCUT2D eigenvalue weighted by molar-refractivity contribution is 6.42. The maximum atomic E-state index is 12.1. The highest BCUT2D eigenvalue weighted by atomic mass is 35.5. The first kappa shape index (κ1) is 18.9. The van der Waals surface area contributed by atoms with Crippen LogP contribution in [0.5, 0.6) is 0 Å². The normalized spacial score (nSPS) is 15.0. The Kier molecular flexibility index (Phi) is 6.28. The molecule has 0 unspecified atom stereocenters. The first-order valence-corrected chi connectivity index (χ1v) is 9.60. The molecule has 0 radical (unpaired) electrons. The summed E-state index contributed by atoms with van der Waals surface area (Å²) < 4.78 is 0. The minimum atomic E-state index is -0.141. The Hall–Kier alpha value is -1.91. The number of carbonyl (C=O) groups excluding carboxylic acids is 1. The summed E-state index contributed by atoms with van der Waals surface area (Å²) in [5, 5.41) is 6.81. The Morgan fingerprint density at radius 3 is 2.35 bits per heavy atom. The molecule has 0 saturated carbocycles. The zero-order chi connectivity index (χ0) is 18.5. The number of halogens is 2. The van der Waals surface area contributed by atoms with Crippen molar-refractivity contribution >= 4 is 46.2 Å². The topological polar surface area (TPSA) is 44.4 Å². The number of hydrogen-bond donors (Lipinski definition) is 2. The van der Waals surface area contributed by atoms with Crippen LogP contribution >= 0.6 is 23.2 Å². The first-order chi connectivity index (χ1) is 12.5. The molecule has 0 spiro atoms. The molecule has 0 aromatic heterocycles. The molecule has 26 heavy (non-hydrogen) atoms. The van der Waals surface area contributed by atoms with Crippen molar-refractivity contribution in [2.75, 3.05) is 35.2 Å². The lowest BCUT2D eigenvalue weighted by molar-refractivity contribution is -0.114. The minimum absolute atomic E-state index is 0.141. The van der Waals surface area contributed by atoms with Gasteiger partial charge in [-0.3, -0.25) is 4.79 Å². The van der Waals surface area contributed by atoms with Crippen LogP contribution in [0.1, 0.15) is 19.8 Å². The van der Waals surface area contributed by atoms with Gasteiger partial charge in [-0.1, -0.05) is 30.1 Å². The average molecular weight is 392 g/mol. The highest BCUT2D eigenvalue weighted by Gasteiger charge is 2.15. The minimum Gasteiger partial charge on any atom is -0.376 e. The summed E-state index contributed by atoms with van der Waals surface area (Å²) >= 11 is 11.8. The number of amides is 1. The quantitative estimate of drug-likeness (QED) is 0.728. The van der Waals surface area contributed by atoms with Gasteiger partial charge < -0.3 is 15.5 Å². The van der Waals surface area contributed by atoms with E-state index in [2.05, 4.69) is 34.6 Å². The summed E-state index contributed by atoms with van der Waals surface area (Å²) in [7, 11) is 0. The van der Waals surface area contributed by atoms with Crippen LogP contribution in [0.25, 0.3) is 0 Å². The maximum Gasteiger partial charge on any atom is 0.243 e. The molecule has 2 aromatic rings. The van der Waals surface area contributed by atoms with Crippen LogP contribution in [-0.2, 0) is 4.79 Å². The summed E-state index contributed by atoms with van der Waals surface area (Å²) in [6.45, 7) is 4.72. The van der Waals surface area contributed by atoms with E-state index < -0.39 is 0 Å². The van der Waals surface area contributed by atoms with E-state index in [1.54, 1.807) is 18.2 Å². The van der Waals surface area contributed by atoms with Crippen molar-refractivity contribution in [2.24, 2.45) is 5.92 Å². The zero-order valence-corrected chi connectivity index (χ0v) is 16.3. The third kappa shape index (κ3) is 5.05. The van der Waals surface area contributed by atoms with E-state index in [0.29, 0.717) is 15.7 Å². The lowest BCUT2D eigenvalue weighted by atomic mass is 9.99. The largest absolute Gasteiger partial charge is 0.376 e. The van der Waals surface area contributed by atoms with Crippen molar-refractivity contribution in [3.05, 3.63) is 52.5 Å². The van der Waals surface area contributed by atoms with Gasteiger partial charge >= 0.3 is 0 Å². The monoisotopic (exact) mass is 391 g/mol. The second-order valence-electron chi connectivity index (χ2n) is 6.75. The smallest absolute Gasteiger partial charge is 0.243 e. The average Bonchev–Trinajstić information content (AvgIpc) is 2.64. The standard InChI is InChI=1S/C20H23Cl2N3O/c1-14-8-10-25(11-9-14)17-5-2-15(3-6-17)23-13-20(26)24-16-4-7-18(21)19(22)12-16/h2-7,12,14,23H,8-11,13H2,1H3,(H,24,26). The molecule has 1 fully saturated rings. The van der Waals surface area contributed by atoms with Gasteiger partial charge in [0.15, 0.2) is 0 Å². The molecule has 1 aliphatic heterocycles. The van der Waals surface area contributed by atoms with E-state index in [0.717, 1.165) is 24.7 Å². The van der Waals surface area contributed by atoms with Crippen LogP contribution in [0.3, 0.4) is 0 Å². The molecule has 0 atom stereocenters. The number of carbonyl (C=O) groups is 1. The SMILES string of the molecule is CC1CCN(c2ccc(NCC(=O)Nc3ccc(Cl)c(Cl)c3)cc2)CC1. The predicted molar refractivity (Wildman–Crippen MR) is 111 cm³/mol. The van der Waals surface area contributed by atoms with E-state index in [4.69, 9.17) is 23.2 Å². The van der Waals surface area contributed by atoms with E-state index in [9.17, 15) is 4.79 Å². The Bertz CT molecular complexity index is 756. The molecule has 2 N–H and O–H groups in total. The fourth-order valence-electron chi connectivity index (χ4n) is 3.02. The summed E-state index contributed by atoms with van der Waals surface area (Å²) in [4.78, 5) is 14.5. The van der Waals surface area contributed by atoms with Crippen LogP contribution in [0.2, 0.25) is 10.0 Å². The molecule has 138 valence electrons. The van der Waals surface area contributed by atoms with Gasteiger partial charge in [0.25, 0.3) is 0 Å². The third-order valence-electron chi connectivity index (χ3n) is 4.67. The van der Waals surface area contributed by atoms with Crippen LogP contribution in [0, 0.1) is 5.92 Å². The lowest BCUT2D eigenvalue weighted by Crippen LogP contribution is -2.32. The lowest BCUT2D eigenvalue weighted by Gasteiger charge is -2.32. The van der Waals surface area contributed by atoms with Gasteiger partial charge in [-0.2, -0.15) is 0 Å². The molecule has 1 saturated heterocycles. The van der Waals surface area contributed by atoms with Gasteiger partial charge in [-0.15, -0.1) is 0 Å². The van der Waals surface area contributed by atoms with Crippen LogP contribution in [0.4, 0.5) is 17.1 Å². The van der Waals surface area contributed by atoms with Crippen LogP contribution in [-0.4, -0.2) is 25.5 Å². The Morgan fingerprint density at radius 1 is 1.04 bits per heavy atom. The number of hydrogen-bond acceptors (Lipinski definition) is 3. The molecule has 1 amide bonds. The van der Waals surface area contributed by atoms with Gasteiger partial charge in [-0.05, 0) is 61.2 Å².